The molecule has 1 saturated heterocycles. The Bertz CT molecular complexity index is 778. The van der Waals surface area contributed by atoms with Gasteiger partial charge in [-0.2, -0.15) is 0 Å². The summed E-state index contributed by atoms with van der Waals surface area (Å²) in [5, 5.41) is 4.33. The molecule has 0 radical (unpaired) electrons. The third-order valence-corrected chi connectivity index (χ3v) is 5.61. The standard InChI is InChI=1S/C21H27N3O/c1-2-12-24-13-10-15(11-14-24)22-21(25)20-16-6-3-4-8-18(16)23-19-9-5-7-17(19)20/h3-4,6,8,15H,2,5,7,9-14H2,1H3,(H,22,25). The average molecular weight is 337 g/mol. The fourth-order valence-electron chi connectivity index (χ4n) is 4.35. The fraction of sp³-hybridized carbons (Fsp3) is 0.524. The van der Waals surface area contributed by atoms with Crippen LogP contribution in [-0.2, 0) is 12.8 Å². The predicted molar refractivity (Wildman–Crippen MR) is 101 cm³/mol. The van der Waals surface area contributed by atoms with E-state index in [1.54, 1.807) is 0 Å². The van der Waals surface area contributed by atoms with Crippen LogP contribution in [0.2, 0.25) is 0 Å². The predicted octanol–water partition coefficient (Wildman–Crippen LogP) is 3.33. The van der Waals surface area contributed by atoms with Crippen LogP contribution in [0.15, 0.2) is 24.3 Å². The quantitative estimate of drug-likeness (QED) is 0.931. The summed E-state index contributed by atoms with van der Waals surface area (Å²) in [5.41, 5.74) is 4.14. The monoisotopic (exact) mass is 337 g/mol. The number of nitrogens with zero attached hydrogens (tertiary/aromatic N) is 2. The summed E-state index contributed by atoms with van der Waals surface area (Å²) in [6.45, 7) is 5.58. The van der Waals surface area contributed by atoms with E-state index in [1.807, 2.05) is 24.3 Å². The Balaban J connectivity index is 1.57. The number of carbonyl (C=O) groups is 1. The molecule has 2 heterocycles. The Morgan fingerprint density at radius 1 is 1.24 bits per heavy atom. The van der Waals surface area contributed by atoms with E-state index in [0.717, 1.165) is 67.4 Å². The maximum atomic E-state index is 13.1. The number of hydrogen-bond donors (Lipinski definition) is 1. The zero-order valence-electron chi connectivity index (χ0n) is 15.1. The van der Waals surface area contributed by atoms with Gasteiger partial charge in [0.1, 0.15) is 0 Å². The summed E-state index contributed by atoms with van der Waals surface area (Å²) in [7, 11) is 0. The maximum absolute atomic E-state index is 13.1. The summed E-state index contributed by atoms with van der Waals surface area (Å²) in [6, 6.07) is 8.37. The highest BCUT2D eigenvalue weighted by molar-refractivity contribution is 6.08. The van der Waals surface area contributed by atoms with E-state index in [9.17, 15) is 4.79 Å². The first-order valence-electron chi connectivity index (χ1n) is 9.70. The topological polar surface area (TPSA) is 45.2 Å². The first-order valence-corrected chi connectivity index (χ1v) is 9.70. The Kier molecular flexibility index (Phi) is 4.71. The lowest BCUT2D eigenvalue weighted by molar-refractivity contribution is 0.0912. The lowest BCUT2D eigenvalue weighted by Gasteiger charge is -2.32. The van der Waals surface area contributed by atoms with Gasteiger partial charge in [0.05, 0.1) is 11.1 Å². The highest BCUT2D eigenvalue weighted by Gasteiger charge is 2.26. The summed E-state index contributed by atoms with van der Waals surface area (Å²) < 4.78 is 0. The van der Waals surface area contributed by atoms with Crippen molar-refractivity contribution in [2.45, 2.75) is 51.5 Å². The van der Waals surface area contributed by atoms with Crippen LogP contribution < -0.4 is 5.32 Å². The smallest absolute Gasteiger partial charge is 0.252 e. The van der Waals surface area contributed by atoms with Gasteiger partial charge in [0.15, 0.2) is 0 Å². The number of aromatic nitrogens is 1. The molecular formula is C21H27N3O. The third-order valence-electron chi connectivity index (χ3n) is 5.61. The van der Waals surface area contributed by atoms with Gasteiger partial charge in [0.2, 0.25) is 0 Å². The fourth-order valence-corrected chi connectivity index (χ4v) is 4.35. The number of pyridine rings is 1. The average Bonchev–Trinajstić information content (AvgIpc) is 3.09. The Morgan fingerprint density at radius 3 is 2.84 bits per heavy atom. The minimum Gasteiger partial charge on any atom is -0.349 e. The van der Waals surface area contributed by atoms with E-state index in [0.29, 0.717) is 6.04 Å². The van der Waals surface area contributed by atoms with Gasteiger partial charge in [-0.05, 0) is 56.7 Å². The first kappa shape index (κ1) is 16.5. The second-order valence-electron chi connectivity index (χ2n) is 7.37. The molecule has 1 amide bonds. The number of benzene rings is 1. The first-order chi connectivity index (χ1) is 12.3. The number of aryl methyl sites for hydroxylation is 1. The molecule has 0 saturated carbocycles. The van der Waals surface area contributed by atoms with E-state index in [4.69, 9.17) is 4.98 Å². The number of hydrogen-bond acceptors (Lipinski definition) is 3. The van der Waals surface area contributed by atoms with Gasteiger partial charge in [0, 0.05) is 30.2 Å². The van der Waals surface area contributed by atoms with Crippen LogP contribution in [0.25, 0.3) is 10.9 Å². The third kappa shape index (κ3) is 3.28. The lowest BCUT2D eigenvalue weighted by Crippen LogP contribution is -2.45. The molecule has 4 nitrogen and oxygen atoms in total. The Labute approximate surface area is 149 Å². The van der Waals surface area contributed by atoms with Crippen LogP contribution >= 0.6 is 0 Å². The summed E-state index contributed by atoms with van der Waals surface area (Å²) in [4.78, 5) is 20.4. The van der Waals surface area contributed by atoms with E-state index in [-0.39, 0.29) is 5.91 Å². The van der Waals surface area contributed by atoms with Crippen LogP contribution in [0.1, 0.15) is 54.2 Å². The van der Waals surface area contributed by atoms with Crippen molar-refractivity contribution >= 4 is 16.8 Å². The molecule has 1 aromatic carbocycles. The second kappa shape index (κ2) is 7.12. The van der Waals surface area contributed by atoms with Crippen molar-refractivity contribution in [2.24, 2.45) is 0 Å². The number of para-hydroxylation sites is 1. The van der Waals surface area contributed by atoms with Crippen LogP contribution in [-0.4, -0.2) is 41.5 Å². The minimum atomic E-state index is 0.102. The van der Waals surface area contributed by atoms with Crippen LogP contribution in [0.4, 0.5) is 0 Å². The minimum absolute atomic E-state index is 0.102. The molecule has 1 aliphatic heterocycles. The lowest BCUT2D eigenvalue weighted by atomic mass is 9.99. The number of amides is 1. The molecule has 2 aliphatic rings. The highest BCUT2D eigenvalue weighted by Crippen LogP contribution is 2.30. The maximum Gasteiger partial charge on any atom is 0.252 e. The van der Waals surface area contributed by atoms with Gasteiger partial charge >= 0.3 is 0 Å². The molecule has 0 atom stereocenters. The van der Waals surface area contributed by atoms with E-state index in [2.05, 4.69) is 17.1 Å². The van der Waals surface area contributed by atoms with Crippen molar-refractivity contribution in [3.63, 3.8) is 0 Å². The zero-order chi connectivity index (χ0) is 17.2. The van der Waals surface area contributed by atoms with Gasteiger partial charge < -0.3 is 10.2 Å². The van der Waals surface area contributed by atoms with E-state index >= 15 is 0 Å². The molecule has 0 unspecified atom stereocenters. The molecule has 2 aromatic rings. The SMILES string of the molecule is CCCN1CCC(NC(=O)c2c3c(nc4ccccc24)CCC3)CC1. The van der Waals surface area contributed by atoms with Crippen LogP contribution in [0.5, 0.6) is 0 Å². The second-order valence-corrected chi connectivity index (χ2v) is 7.37. The summed E-state index contributed by atoms with van der Waals surface area (Å²) >= 11 is 0. The van der Waals surface area contributed by atoms with Crippen molar-refractivity contribution in [2.75, 3.05) is 19.6 Å². The Hall–Kier alpha value is -1.94. The van der Waals surface area contributed by atoms with Gasteiger partial charge in [-0.15, -0.1) is 0 Å². The zero-order valence-corrected chi connectivity index (χ0v) is 15.1. The molecule has 0 bridgehead atoms. The largest absolute Gasteiger partial charge is 0.349 e. The molecule has 4 rings (SSSR count). The van der Waals surface area contributed by atoms with Crippen molar-refractivity contribution in [1.82, 2.24) is 15.2 Å². The van der Waals surface area contributed by atoms with Gasteiger partial charge in [-0.3, -0.25) is 9.78 Å². The van der Waals surface area contributed by atoms with Crippen molar-refractivity contribution in [3.05, 3.63) is 41.1 Å². The number of likely N-dealkylation sites (tertiary alicyclic amines) is 1. The molecule has 0 spiro atoms. The molecule has 1 aromatic heterocycles. The number of piperidine rings is 1. The van der Waals surface area contributed by atoms with Crippen LogP contribution in [0.3, 0.4) is 0 Å². The molecule has 25 heavy (non-hydrogen) atoms. The molecular weight excluding hydrogens is 310 g/mol. The van der Waals surface area contributed by atoms with E-state index < -0.39 is 0 Å². The summed E-state index contributed by atoms with van der Waals surface area (Å²) in [5.74, 6) is 0.102. The summed E-state index contributed by atoms with van der Waals surface area (Å²) in [6.07, 6.45) is 6.38. The van der Waals surface area contributed by atoms with Crippen molar-refractivity contribution < 1.29 is 4.79 Å². The van der Waals surface area contributed by atoms with Crippen molar-refractivity contribution in [1.29, 1.82) is 0 Å². The molecule has 132 valence electrons. The molecule has 1 N–H and O–H groups in total. The normalized spacial score (nSPS) is 18.4. The number of nitrogens with one attached hydrogen (secondary N) is 1. The van der Waals surface area contributed by atoms with Crippen molar-refractivity contribution in [3.8, 4) is 0 Å². The Morgan fingerprint density at radius 2 is 2.04 bits per heavy atom. The van der Waals surface area contributed by atoms with Gasteiger partial charge in [-0.25, -0.2) is 0 Å². The molecule has 4 heteroatoms. The number of fused-ring (bicyclic) bond motifs is 2. The highest BCUT2D eigenvalue weighted by atomic mass is 16.1. The number of carbonyl (C=O) groups excluding carboxylic acids is 1. The van der Waals surface area contributed by atoms with Gasteiger partial charge in [0.25, 0.3) is 5.91 Å². The molecule has 1 aliphatic carbocycles. The van der Waals surface area contributed by atoms with E-state index in [1.165, 1.54) is 18.5 Å². The number of rotatable bonds is 4. The van der Waals surface area contributed by atoms with Gasteiger partial charge in [-0.1, -0.05) is 25.1 Å². The molecule has 1 fully saturated rings. The van der Waals surface area contributed by atoms with Crippen LogP contribution in [0, 0.1) is 0 Å².